The van der Waals surface area contributed by atoms with Crippen molar-refractivity contribution < 1.29 is 4.74 Å². The van der Waals surface area contributed by atoms with Crippen molar-refractivity contribution in [3.8, 4) is 0 Å². The van der Waals surface area contributed by atoms with Gasteiger partial charge in [-0.3, -0.25) is 0 Å². The summed E-state index contributed by atoms with van der Waals surface area (Å²) in [5.74, 6) is 2.81. The van der Waals surface area contributed by atoms with Gasteiger partial charge in [0.1, 0.15) is 0 Å². The second kappa shape index (κ2) is 8.87. The monoisotopic (exact) mass is 278 g/mol. The molecule has 2 fully saturated rings. The molecule has 2 aliphatic rings. The molecular formula is C19H34O. The van der Waals surface area contributed by atoms with Crippen molar-refractivity contribution in [1.82, 2.24) is 0 Å². The molecule has 2 rings (SSSR count). The second-order valence-electron chi connectivity index (χ2n) is 7.03. The number of rotatable bonds is 7. The lowest BCUT2D eigenvalue weighted by molar-refractivity contribution is 0.00607. The minimum absolute atomic E-state index is 0.577. The van der Waals surface area contributed by atoms with Crippen LogP contribution >= 0.6 is 0 Å². The summed E-state index contributed by atoms with van der Waals surface area (Å²) in [4.78, 5) is 0. The molecule has 0 aromatic heterocycles. The highest BCUT2D eigenvalue weighted by Gasteiger charge is 2.30. The molecule has 0 heterocycles. The lowest BCUT2D eigenvalue weighted by Crippen LogP contribution is -2.28. The fraction of sp³-hybridized carbons (Fsp3) is 0.895. The molecule has 116 valence electrons. The highest BCUT2D eigenvalue weighted by molar-refractivity contribution is 4.87. The van der Waals surface area contributed by atoms with E-state index in [0.717, 1.165) is 24.4 Å². The molecule has 20 heavy (non-hydrogen) atoms. The zero-order chi connectivity index (χ0) is 14.2. The van der Waals surface area contributed by atoms with Crippen LogP contribution in [0.2, 0.25) is 0 Å². The lowest BCUT2D eigenvalue weighted by atomic mass is 9.70. The van der Waals surface area contributed by atoms with Crippen molar-refractivity contribution in [3.63, 3.8) is 0 Å². The maximum absolute atomic E-state index is 6.04. The van der Waals surface area contributed by atoms with Crippen LogP contribution < -0.4 is 0 Å². The lowest BCUT2D eigenvalue weighted by Gasteiger charge is -2.37. The fourth-order valence-corrected chi connectivity index (χ4v) is 4.18. The topological polar surface area (TPSA) is 9.23 Å². The number of ether oxygens (including phenoxy) is 1. The Balaban J connectivity index is 1.60. The maximum Gasteiger partial charge on any atom is 0.0575 e. The molecule has 0 bridgehead atoms. The molecule has 2 saturated carbocycles. The van der Waals surface area contributed by atoms with E-state index in [1.54, 1.807) is 0 Å². The van der Waals surface area contributed by atoms with Gasteiger partial charge in [0.15, 0.2) is 0 Å². The van der Waals surface area contributed by atoms with Crippen LogP contribution in [0, 0.1) is 17.8 Å². The highest BCUT2D eigenvalue weighted by atomic mass is 16.5. The van der Waals surface area contributed by atoms with E-state index in [1.807, 2.05) is 0 Å². The van der Waals surface area contributed by atoms with Crippen molar-refractivity contribution in [1.29, 1.82) is 0 Å². The Morgan fingerprint density at radius 1 is 0.900 bits per heavy atom. The summed E-state index contributed by atoms with van der Waals surface area (Å²) in [7, 11) is 0. The molecule has 1 nitrogen and oxygen atoms in total. The van der Waals surface area contributed by atoms with Gasteiger partial charge in [-0.25, -0.2) is 0 Å². The Hall–Kier alpha value is -0.300. The first-order chi connectivity index (χ1) is 9.83. The first-order valence-corrected chi connectivity index (χ1v) is 9.07. The van der Waals surface area contributed by atoms with E-state index in [0.29, 0.717) is 6.10 Å². The number of hydrogen-bond acceptors (Lipinski definition) is 1. The van der Waals surface area contributed by atoms with Gasteiger partial charge in [-0.05, 0) is 75.5 Å². The van der Waals surface area contributed by atoms with Crippen LogP contribution in [-0.4, -0.2) is 12.7 Å². The molecular weight excluding hydrogens is 244 g/mol. The first kappa shape index (κ1) is 16.1. The van der Waals surface area contributed by atoms with Crippen molar-refractivity contribution in [3.05, 3.63) is 12.7 Å². The zero-order valence-electron chi connectivity index (χ0n) is 13.5. The van der Waals surface area contributed by atoms with E-state index in [4.69, 9.17) is 4.74 Å². The van der Waals surface area contributed by atoms with E-state index in [-0.39, 0.29) is 0 Å². The van der Waals surface area contributed by atoms with E-state index in [9.17, 15) is 0 Å². The van der Waals surface area contributed by atoms with Gasteiger partial charge in [-0.1, -0.05) is 25.8 Å². The predicted octanol–water partition coefficient (Wildman–Crippen LogP) is 5.74. The molecule has 0 aromatic carbocycles. The van der Waals surface area contributed by atoms with Crippen LogP contribution in [0.3, 0.4) is 0 Å². The van der Waals surface area contributed by atoms with Gasteiger partial charge < -0.3 is 4.74 Å². The molecule has 0 saturated heterocycles. The molecule has 0 aliphatic heterocycles. The summed E-state index contributed by atoms with van der Waals surface area (Å²) in [6.45, 7) is 7.21. The second-order valence-corrected chi connectivity index (χ2v) is 7.03. The Kier molecular flexibility index (Phi) is 7.13. The molecule has 0 unspecified atom stereocenters. The van der Waals surface area contributed by atoms with Crippen LogP contribution in [0.25, 0.3) is 0 Å². The van der Waals surface area contributed by atoms with Crippen molar-refractivity contribution in [2.45, 2.75) is 83.7 Å². The average Bonchev–Trinajstić information content (AvgIpc) is 2.52. The third kappa shape index (κ3) is 4.91. The number of hydrogen-bond donors (Lipinski definition) is 0. The molecule has 2 aliphatic carbocycles. The third-order valence-corrected chi connectivity index (χ3v) is 5.64. The summed E-state index contributed by atoms with van der Waals surface area (Å²) in [5, 5.41) is 0. The summed E-state index contributed by atoms with van der Waals surface area (Å²) >= 11 is 0. The van der Waals surface area contributed by atoms with Gasteiger partial charge in [0.05, 0.1) is 6.10 Å². The van der Waals surface area contributed by atoms with Gasteiger partial charge >= 0.3 is 0 Å². The molecule has 0 radical (unpaired) electrons. The molecule has 0 amide bonds. The van der Waals surface area contributed by atoms with Gasteiger partial charge in [-0.15, -0.1) is 6.58 Å². The standard InChI is InChI=1S/C19H34O/c1-3-5-6-15-20-19-13-11-18(12-14-19)17-9-7-16(4-2)8-10-17/h4,16-19H,2-3,5-15H2,1H3/t16-,17-,18?,19?. The SMILES string of the molecule is C=C[C@H]1CC[C@H](C2CCC(OCCCCC)CC2)CC1. The first-order valence-electron chi connectivity index (χ1n) is 9.07. The van der Waals surface area contributed by atoms with Gasteiger partial charge in [-0.2, -0.15) is 0 Å². The Bertz CT molecular complexity index is 257. The van der Waals surface area contributed by atoms with Crippen molar-refractivity contribution in [2.75, 3.05) is 6.61 Å². The van der Waals surface area contributed by atoms with Gasteiger partial charge in [0, 0.05) is 6.61 Å². The maximum atomic E-state index is 6.04. The average molecular weight is 278 g/mol. The van der Waals surface area contributed by atoms with E-state index >= 15 is 0 Å². The van der Waals surface area contributed by atoms with E-state index in [1.165, 1.54) is 70.6 Å². The Morgan fingerprint density at radius 2 is 1.50 bits per heavy atom. The minimum atomic E-state index is 0.577. The molecule has 0 N–H and O–H groups in total. The minimum Gasteiger partial charge on any atom is -0.378 e. The zero-order valence-corrected chi connectivity index (χ0v) is 13.5. The van der Waals surface area contributed by atoms with Crippen LogP contribution in [0.1, 0.15) is 77.6 Å². The molecule has 0 spiro atoms. The summed E-state index contributed by atoms with van der Waals surface area (Å²) in [6, 6.07) is 0. The van der Waals surface area contributed by atoms with Crippen LogP contribution in [0.4, 0.5) is 0 Å². The third-order valence-electron chi connectivity index (χ3n) is 5.64. The normalized spacial score (nSPS) is 34.9. The van der Waals surface area contributed by atoms with E-state index in [2.05, 4.69) is 19.6 Å². The summed E-state index contributed by atoms with van der Waals surface area (Å²) in [5.41, 5.74) is 0. The summed E-state index contributed by atoms with van der Waals surface area (Å²) < 4.78 is 6.04. The molecule has 0 atom stereocenters. The van der Waals surface area contributed by atoms with E-state index < -0.39 is 0 Å². The molecule has 1 heteroatoms. The quantitative estimate of drug-likeness (QED) is 0.426. The predicted molar refractivity (Wildman–Crippen MR) is 86.9 cm³/mol. The highest BCUT2D eigenvalue weighted by Crippen LogP contribution is 2.40. The fourth-order valence-electron chi connectivity index (χ4n) is 4.18. The van der Waals surface area contributed by atoms with Crippen LogP contribution in [0.5, 0.6) is 0 Å². The smallest absolute Gasteiger partial charge is 0.0575 e. The molecule has 0 aromatic rings. The van der Waals surface area contributed by atoms with Crippen molar-refractivity contribution >= 4 is 0 Å². The summed E-state index contributed by atoms with van der Waals surface area (Å²) in [6.07, 6.45) is 17.8. The Labute approximate surface area is 126 Å². The van der Waals surface area contributed by atoms with Crippen molar-refractivity contribution in [2.24, 2.45) is 17.8 Å². The largest absolute Gasteiger partial charge is 0.378 e. The van der Waals surface area contributed by atoms with Gasteiger partial charge in [0.2, 0.25) is 0 Å². The number of allylic oxidation sites excluding steroid dienone is 1. The Morgan fingerprint density at radius 3 is 2.05 bits per heavy atom. The number of unbranched alkanes of at least 4 members (excludes halogenated alkanes) is 2. The van der Waals surface area contributed by atoms with Crippen LogP contribution in [-0.2, 0) is 4.74 Å². The van der Waals surface area contributed by atoms with Crippen LogP contribution in [0.15, 0.2) is 12.7 Å². The van der Waals surface area contributed by atoms with Gasteiger partial charge in [0.25, 0.3) is 0 Å².